The van der Waals surface area contributed by atoms with Crippen LogP contribution >= 0.6 is 11.6 Å². The summed E-state index contributed by atoms with van der Waals surface area (Å²) in [6.07, 6.45) is -3.45. The molecule has 23 heavy (non-hydrogen) atoms. The van der Waals surface area contributed by atoms with Crippen LogP contribution in [-0.2, 0) is 16.2 Å². The van der Waals surface area contributed by atoms with E-state index in [-0.39, 0.29) is 5.02 Å². The Kier molecular flexibility index (Phi) is 5.01. The maximum absolute atomic E-state index is 12.9. The first-order valence-electron chi connectivity index (χ1n) is 6.30. The molecule has 2 aromatic rings. The Morgan fingerprint density at radius 1 is 1.04 bits per heavy atom. The molecule has 0 aliphatic rings. The van der Waals surface area contributed by atoms with E-state index in [1.165, 1.54) is 12.1 Å². The van der Waals surface area contributed by atoms with Crippen LogP contribution in [0.2, 0.25) is 5.02 Å². The van der Waals surface area contributed by atoms with Crippen LogP contribution in [0.1, 0.15) is 11.1 Å². The number of nitrogens with one attached hydrogen (secondary N) is 1. The van der Waals surface area contributed by atoms with Crippen LogP contribution in [0.4, 0.5) is 18.9 Å². The van der Waals surface area contributed by atoms with E-state index in [0.717, 1.165) is 11.5 Å². The second-order valence-corrected chi connectivity index (χ2v) is 6.55. The fourth-order valence-electron chi connectivity index (χ4n) is 1.76. The van der Waals surface area contributed by atoms with Crippen molar-refractivity contribution < 1.29 is 21.6 Å². The number of alkyl halides is 3. The van der Waals surface area contributed by atoms with E-state index < -0.39 is 27.5 Å². The average molecular weight is 362 g/mol. The molecule has 0 unspecified atom stereocenters. The molecule has 122 valence electrons. The molecule has 0 bridgehead atoms. The lowest BCUT2D eigenvalue weighted by Gasteiger charge is -2.14. The predicted molar refractivity (Wildman–Crippen MR) is 84.5 cm³/mol. The van der Waals surface area contributed by atoms with Gasteiger partial charge in [0.25, 0.3) is 10.0 Å². The molecular formula is C15H11ClF3NO2S. The molecule has 0 aliphatic heterocycles. The number of sulfonamides is 1. The Hall–Kier alpha value is -1.99. The summed E-state index contributed by atoms with van der Waals surface area (Å²) in [5, 5.41) is 0.664. The fraction of sp³-hybridized carbons (Fsp3) is 0.0667. The molecule has 2 aromatic carbocycles. The highest BCUT2D eigenvalue weighted by molar-refractivity contribution is 7.95. The van der Waals surface area contributed by atoms with Crippen LogP contribution in [0, 0.1) is 0 Å². The number of benzene rings is 2. The smallest absolute Gasteiger partial charge is 0.280 e. The zero-order valence-corrected chi connectivity index (χ0v) is 13.1. The van der Waals surface area contributed by atoms with Crippen molar-refractivity contribution in [3.05, 3.63) is 70.1 Å². The highest BCUT2D eigenvalue weighted by Crippen LogP contribution is 2.36. The largest absolute Gasteiger partial charge is 0.418 e. The van der Waals surface area contributed by atoms with Gasteiger partial charge in [0.15, 0.2) is 0 Å². The lowest BCUT2D eigenvalue weighted by atomic mass is 10.2. The zero-order valence-electron chi connectivity index (χ0n) is 11.5. The van der Waals surface area contributed by atoms with Gasteiger partial charge < -0.3 is 0 Å². The lowest BCUT2D eigenvalue weighted by molar-refractivity contribution is -0.136. The molecule has 3 nitrogen and oxygen atoms in total. The standard InChI is InChI=1S/C15H11ClF3NO2S/c16-12-6-7-14(13(10-12)15(17,18)19)20-23(21,22)9-8-11-4-2-1-3-5-11/h1-10,20H/b9-8+. The number of hydrogen-bond acceptors (Lipinski definition) is 2. The third-order valence-electron chi connectivity index (χ3n) is 2.78. The van der Waals surface area contributed by atoms with E-state index in [1.54, 1.807) is 30.3 Å². The van der Waals surface area contributed by atoms with E-state index >= 15 is 0 Å². The van der Waals surface area contributed by atoms with Gasteiger partial charge in [-0.15, -0.1) is 0 Å². The number of anilines is 1. The molecule has 0 spiro atoms. The summed E-state index contributed by atoms with van der Waals surface area (Å²) in [4.78, 5) is 0. The molecule has 2 rings (SSSR count). The summed E-state index contributed by atoms with van der Waals surface area (Å²) in [6.45, 7) is 0. The van der Waals surface area contributed by atoms with Crippen LogP contribution in [0.15, 0.2) is 53.9 Å². The monoisotopic (exact) mass is 361 g/mol. The van der Waals surface area contributed by atoms with Crippen molar-refractivity contribution in [2.45, 2.75) is 6.18 Å². The van der Waals surface area contributed by atoms with Gasteiger partial charge in [-0.3, -0.25) is 4.72 Å². The molecule has 0 aliphatic carbocycles. The maximum Gasteiger partial charge on any atom is 0.418 e. The first-order valence-corrected chi connectivity index (χ1v) is 8.22. The van der Waals surface area contributed by atoms with Crippen LogP contribution in [0.5, 0.6) is 0 Å². The summed E-state index contributed by atoms with van der Waals surface area (Å²) >= 11 is 5.54. The maximum atomic E-state index is 12.9. The van der Waals surface area contributed by atoms with Crippen molar-refractivity contribution in [1.82, 2.24) is 0 Å². The highest BCUT2D eigenvalue weighted by Gasteiger charge is 2.34. The van der Waals surface area contributed by atoms with Gasteiger partial charge in [-0.1, -0.05) is 41.9 Å². The number of halogens is 4. The lowest BCUT2D eigenvalue weighted by Crippen LogP contribution is -2.15. The van der Waals surface area contributed by atoms with Gasteiger partial charge in [-0.25, -0.2) is 8.42 Å². The van der Waals surface area contributed by atoms with Gasteiger partial charge in [0.05, 0.1) is 16.7 Å². The summed E-state index contributed by atoms with van der Waals surface area (Å²) in [5.74, 6) is 0. The van der Waals surface area contributed by atoms with Crippen molar-refractivity contribution >= 4 is 33.4 Å². The van der Waals surface area contributed by atoms with Gasteiger partial charge in [0, 0.05) is 5.02 Å². The van der Waals surface area contributed by atoms with E-state index in [4.69, 9.17) is 11.6 Å². The zero-order chi connectivity index (χ0) is 17.1. The van der Waals surface area contributed by atoms with Gasteiger partial charge in [0.1, 0.15) is 0 Å². The molecule has 0 radical (unpaired) electrons. The normalized spacial score (nSPS) is 12.5. The molecule has 1 N–H and O–H groups in total. The summed E-state index contributed by atoms with van der Waals surface area (Å²) < 4.78 is 64.6. The molecule has 0 fully saturated rings. The molecule has 8 heteroatoms. The highest BCUT2D eigenvalue weighted by atomic mass is 35.5. The second kappa shape index (κ2) is 6.64. The minimum absolute atomic E-state index is 0.139. The molecule has 0 heterocycles. The molecule has 0 saturated carbocycles. The van der Waals surface area contributed by atoms with Gasteiger partial charge in [-0.2, -0.15) is 13.2 Å². The Morgan fingerprint density at radius 2 is 1.70 bits per heavy atom. The molecule has 0 saturated heterocycles. The minimum atomic E-state index is -4.73. The third kappa shape index (κ3) is 5.01. The van der Waals surface area contributed by atoms with Crippen molar-refractivity contribution in [3.8, 4) is 0 Å². The van der Waals surface area contributed by atoms with Gasteiger partial charge in [0.2, 0.25) is 0 Å². The van der Waals surface area contributed by atoms with E-state index in [0.29, 0.717) is 11.6 Å². The molecule has 0 aromatic heterocycles. The van der Waals surface area contributed by atoms with Crippen LogP contribution in [0.25, 0.3) is 6.08 Å². The number of rotatable bonds is 4. The van der Waals surface area contributed by atoms with Crippen LogP contribution < -0.4 is 4.72 Å². The summed E-state index contributed by atoms with van der Waals surface area (Å²) in [6, 6.07) is 11.3. The van der Waals surface area contributed by atoms with Crippen molar-refractivity contribution in [2.75, 3.05) is 4.72 Å². The first kappa shape index (κ1) is 17.4. The summed E-state index contributed by atoms with van der Waals surface area (Å²) in [5.41, 5.74) is -1.13. The Balaban J connectivity index is 2.29. The second-order valence-electron chi connectivity index (χ2n) is 4.55. The first-order chi connectivity index (χ1) is 10.7. The molecule has 0 atom stereocenters. The molecule has 0 amide bonds. The van der Waals surface area contributed by atoms with Gasteiger partial charge >= 0.3 is 6.18 Å². The molecular weight excluding hydrogens is 351 g/mol. The van der Waals surface area contributed by atoms with Crippen molar-refractivity contribution in [3.63, 3.8) is 0 Å². The average Bonchev–Trinajstić information content (AvgIpc) is 2.47. The van der Waals surface area contributed by atoms with Gasteiger partial charge in [-0.05, 0) is 29.8 Å². The van der Waals surface area contributed by atoms with E-state index in [1.807, 2.05) is 4.72 Å². The minimum Gasteiger partial charge on any atom is -0.280 e. The van der Waals surface area contributed by atoms with Crippen LogP contribution in [0.3, 0.4) is 0 Å². The third-order valence-corrected chi connectivity index (χ3v) is 4.01. The Labute approximate surface area is 136 Å². The number of hydrogen-bond donors (Lipinski definition) is 1. The Morgan fingerprint density at radius 3 is 2.30 bits per heavy atom. The Bertz CT molecular complexity index is 818. The van der Waals surface area contributed by atoms with Crippen molar-refractivity contribution in [2.24, 2.45) is 0 Å². The SMILES string of the molecule is O=S(=O)(/C=C/c1ccccc1)Nc1ccc(Cl)cc1C(F)(F)F. The van der Waals surface area contributed by atoms with Crippen LogP contribution in [-0.4, -0.2) is 8.42 Å². The fourth-order valence-corrected chi connectivity index (χ4v) is 2.82. The van der Waals surface area contributed by atoms with E-state index in [2.05, 4.69) is 0 Å². The predicted octanol–water partition coefficient (Wildman–Crippen LogP) is 4.77. The van der Waals surface area contributed by atoms with E-state index in [9.17, 15) is 21.6 Å². The van der Waals surface area contributed by atoms with Crippen molar-refractivity contribution in [1.29, 1.82) is 0 Å². The quantitative estimate of drug-likeness (QED) is 0.852. The topological polar surface area (TPSA) is 46.2 Å². The summed E-state index contributed by atoms with van der Waals surface area (Å²) in [7, 11) is -4.10.